The molecule has 0 saturated heterocycles. The van der Waals surface area contributed by atoms with Crippen LogP contribution in [-0.4, -0.2) is 32.5 Å². The van der Waals surface area contributed by atoms with Crippen molar-refractivity contribution in [3.05, 3.63) is 0 Å². The van der Waals surface area contributed by atoms with Crippen LogP contribution in [0.1, 0.15) is 27.2 Å². The molecule has 0 aliphatic heterocycles. The number of nitrogens with one attached hydrogen (secondary N) is 1. The van der Waals surface area contributed by atoms with Crippen molar-refractivity contribution in [1.82, 2.24) is 5.32 Å². The summed E-state index contributed by atoms with van der Waals surface area (Å²) in [5, 5.41) is 3.20. The Hall–Kier alpha value is -0.290. The fourth-order valence-electron chi connectivity index (χ4n) is 1.05. The highest BCUT2D eigenvalue weighted by Crippen LogP contribution is 2.14. The van der Waals surface area contributed by atoms with Gasteiger partial charge in [0.25, 0.3) is 0 Å². The van der Waals surface area contributed by atoms with Crippen molar-refractivity contribution in [2.75, 3.05) is 26.3 Å². The Morgan fingerprint density at radius 1 is 1.19 bits per heavy atom. The van der Waals surface area contributed by atoms with E-state index in [4.69, 9.17) is 0 Å². The molecule has 0 fully saturated rings. The van der Waals surface area contributed by atoms with Gasteiger partial charge in [-0.15, -0.1) is 0 Å². The molecule has 5 heteroatoms. The summed E-state index contributed by atoms with van der Waals surface area (Å²) in [5.74, 6) is 1.20. The van der Waals surface area contributed by atoms with E-state index in [1.54, 1.807) is 0 Å². The summed E-state index contributed by atoms with van der Waals surface area (Å²) in [7, 11) is 0. The highest BCUT2D eigenvalue weighted by molar-refractivity contribution is 4.60. The minimum absolute atomic E-state index is 0.155. The zero-order valence-corrected chi connectivity index (χ0v) is 10.2. The van der Waals surface area contributed by atoms with Crippen molar-refractivity contribution in [1.29, 1.82) is 0 Å². The van der Waals surface area contributed by atoms with E-state index in [9.17, 15) is 13.2 Å². The number of ether oxygens (including phenoxy) is 1. The van der Waals surface area contributed by atoms with Crippen molar-refractivity contribution in [3.63, 3.8) is 0 Å². The number of hydrogen-bond donors (Lipinski definition) is 1. The first kappa shape index (κ1) is 15.7. The van der Waals surface area contributed by atoms with Crippen LogP contribution < -0.4 is 5.32 Å². The molecule has 0 aromatic carbocycles. The monoisotopic (exact) mass is 241 g/mol. The molecule has 98 valence electrons. The molecule has 0 radical (unpaired) electrons. The number of halogens is 3. The quantitative estimate of drug-likeness (QED) is 0.660. The molecule has 0 aromatic rings. The summed E-state index contributed by atoms with van der Waals surface area (Å²) >= 11 is 0. The Kier molecular flexibility index (Phi) is 7.76. The highest BCUT2D eigenvalue weighted by Gasteiger charge is 2.27. The van der Waals surface area contributed by atoms with Gasteiger partial charge in [-0.2, -0.15) is 13.2 Å². The molecule has 0 saturated carbocycles. The van der Waals surface area contributed by atoms with E-state index in [0.29, 0.717) is 24.8 Å². The van der Waals surface area contributed by atoms with E-state index >= 15 is 0 Å². The van der Waals surface area contributed by atoms with E-state index in [2.05, 4.69) is 30.8 Å². The van der Waals surface area contributed by atoms with Crippen molar-refractivity contribution < 1.29 is 17.9 Å². The Bertz CT molecular complexity index is 171. The second-order valence-electron chi connectivity index (χ2n) is 4.45. The van der Waals surface area contributed by atoms with Crippen molar-refractivity contribution >= 4 is 0 Å². The van der Waals surface area contributed by atoms with Gasteiger partial charge in [-0.1, -0.05) is 20.8 Å². The standard InChI is InChI=1S/C11H22F3NO/c1-9(2)10(3)7-15-5-4-6-16-8-11(12,13)14/h9-10,15H,4-8H2,1-3H3. The smallest absolute Gasteiger partial charge is 0.372 e. The number of rotatable bonds is 8. The van der Waals surface area contributed by atoms with E-state index in [-0.39, 0.29) is 6.61 Å². The molecule has 0 bridgehead atoms. The van der Waals surface area contributed by atoms with E-state index in [1.807, 2.05) is 0 Å². The van der Waals surface area contributed by atoms with Crippen LogP contribution in [0.15, 0.2) is 0 Å². The van der Waals surface area contributed by atoms with Crippen LogP contribution >= 0.6 is 0 Å². The summed E-state index contributed by atoms with van der Waals surface area (Å²) in [4.78, 5) is 0. The fourth-order valence-corrected chi connectivity index (χ4v) is 1.05. The molecule has 1 atom stereocenters. The highest BCUT2D eigenvalue weighted by atomic mass is 19.4. The average Bonchev–Trinajstić information content (AvgIpc) is 2.14. The molecule has 0 aliphatic rings. The van der Waals surface area contributed by atoms with Gasteiger partial charge in [-0.3, -0.25) is 0 Å². The molecule has 0 aromatic heterocycles. The molecule has 0 rings (SSSR count). The third kappa shape index (κ3) is 10.2. The van der Waals surface area contributed by atoms with Crippen LogP contribution in [-0.2, 0) is 4.74 Å². The molecule has 0 heterocycles. The molecular weight excluding hydrogens is 219 g/mol. The lowest BCUT2D eigenvalue weighted by molar-refractivity contribution is -0.173. The Morgan fingerprint density at radius 3 is 2.31 bits per heavy atom. The van der Waals surface area contributed by atoms with Crippen molar-refractivity contribution in [2.45, 2.75) is 33.4 Å². The van der Waals surface area contributed by atoms with Crippen LogP contribution in [0.5, 0.6) is 0 Å². The molecule has 2 nitrogen and oxygen atoms in total. The van der Waals surface area contributed by atoms with Crippen LogP contribution in [0, 0.1) is 11.8 Å². The molecule has 0 aliphatic carbocycles. The third-order valence-corrected chi connectivity index (χ3v) is 2.51. The van der Waals surface area contributed by atoms with Gasteiger partial charge in [0, 0.05) is 6.61 Å². The molecule has 0 spiro atoms. The van der Waals surface area contributed by atoms with Crippen molar-refractivity contribution in [3.8, 4) is 0 Å². The van der Waals surface area contributed by atoms with E-state index < -0.39 is 12.8 Å². The minimum atomic E-state index is -4.21. The summed E-state index contributed by atoms with van der Waals surface area (Å²) < 4.78 is 39.5. The zero-order valence-electron chi connectivity index (χ0n) is 10.2. The fraction of sp³-hybridized carbons (Fsp3) is 1.00. The summed E-state index contributed by atoms with van der Waals surface area (Å²) in [6.07, 6.45) is -3.60. The second-order valence-corrected chi connectivity index (χ2v) is 4.45. The van der Waals surface area contributed by atoms with E-state index in [1.165, 1.54) is 0 Å². The first-order valence-electron chi connectivity index (χ1n) is 5.68. The molecule has 1 N–H and O–H groups in total. The summed E-state index contributed by atoms with van der Waals surface area (Å²) in [6.45, 7) is 7.07. The average molecular weight is 241 g/mol. The van der Waals surface area contributed by atoms with Crippen LogP contribution in [0.2, 0.25) is 0 Å². The molecule has 1 unspecified atom stereocenters. The summed E-state index contributed by atoms with van der Waals surface area (Å²) in [5.41, 5.74) is 0. The maximum atomic E-state index is 11.7. The maximum Gasteiger partial charge on any atom is 0.411 e. The third-order valence-electron chi connectivity index (χ3n) is 2.51. The number of alkyl halides is 3. The van der Waals surface area contributed by atoms with Gasteiger partial charge < -0.3 is 10.1 Å². The van der Waals surface area contributed by atoms with Crippen LogP contribution in [0.25, 0.3) is 0 Å². The lowest BCUT2D eigenvalue weighted by Gasteiger charge is -2.16. The second kappa shape index (κ2) is 7.90. The summed E-state index contributed by atoms with van der Waals surface area (Å²) in [6, 6.07) is 0. The molecular formula is C11H22F3NO. The SMILES string of the molecule is CC(C)C(C)CNCCCOCC(F)(F)F. The molecule has 16 heavy (non-hydrogen) atoms. The first-order chi connectivity index (χ1) is 7.33. The minimum Gasteiger partial charge on any atom is -0.372 e. The lowest BCUT2D eigenvalue weighted by atomic mass is 9.98. The Labute approximate surface area is 95.5 Å². The Morgan fingerprint density at radius 2 is 1.81 bits per heavy atom. The van der Waals surface area contributed by atoms with Gasteiger partial charge in [0.15, 0.2) is 0 Å². The Balaban J connectivity index is 3.22. The van der Waals surface area contributed by atoms with Gasteiger partial charge in [0.2, 0.25) is 0 Å². The van der Waals surface area contributed by atoms with Gasteiger partial charge in [0.05, 0.1) is 0 Å². The predicted octanol–water partition coefficient (Wildman–Crippen LogP) is 2.84. The largest absolute Gasteiger partial charge is 0.411 e. The first-order valence-corrected chi connectivity index (χ1v) is 5.68. The topological polar surface area (TPSA) is 21.3 Å². The number of hydrogen-bond acceptors (Lipinski definition) is 2. The normalized spacial score (nSPS) is 14.4. The van der Waals surface area contributed by atoms with Gasteiger partial charge in [-0.25, -0.2) is 0 Å². The van der Waals surface area contributed by atoms with Gasteiger partial charge in [0.1, 0.15) is 6.61 Å². The maximum absolute atomic E-state index is 11.7. The van der Waals surface area contributed by atoms with Gasteiger partial charge >= 0.3 is 6.18 Å². The van der Waals surface area contributed by atoms with Crippen molar-refractivity contribution in [2.24, 2.45) is 11.8 Å². The lowest BCUT2D eigenvalue weighted by Crippen LogP contribution is -2.26. The van der Waals surface area contributed by atoms with E-state index in [0.717, 1.165) is 6.54 Å². The van der Waals surface area contributed by atoms with Gasteiger partial charge in [-0.05, 0) is 31.3 Å². The zero-order chi connectivity index (χ0) is 12.6. The van der Waals surface area contributed by atoms with Crippen LogP contribution in [0.4, 0.5) is 13.2 Å². The predicted molar refractivity (Wildman–Crippen MR) is 58.4 cm³/mol. The van der Waals surface area contributed by atoms with Crippen LogP contribution in [0.3, 0.4) is 0 Å². The molecule has 0 amide bonds.